The fraction of sp³-hybridized carbons (Fsp3) is 0.417. The molecule has 3 rings (SSSR count). The average molecular weight is 262 g/mol. The topological polar surface area (TPSA) is 51.1 Å². The number of rotatable bonds is 4. The van der Waals surface area contributed by atoms with Gasteiger partial charge in [0.25, 0.3) is 0 Å². The summed E-state index contributed by atoms with van der Waals surface area (Å²) < 4.78 is 9.72. The van der Waals surface area contributed by atoms with Gasteiger partial charge < -0.3 is 4.74 Å². The van der Waals surface area contributed by atoms with Crippen molar-refractivity contribution < 1.29 is 4.74 Å². The first-order valence-corrected chi connectivity index (χ1v) is 6.74. The van der Waals surface area contributed by atoms with Crippen LogP contribution in [0.15, 0.2) is 30.6 Å². The Morgan fingerprint density at radius 3 is 3.22 bits per heavy atom. The van der Waals surface area contributed by atoms with Crippen LogP contribution in [-0.4, -0.2) is 38.7 Å². The van der Waals surface area contributed by atoms with Gasteiger partial charge in [-0.3, -0.25) is 4.90 Å². The summed E-state index contributed by atoms with van der Waals surface area (Å²) in [7, 11) is 0. The van der Waals surface area contributed by atoms with Gasteiger partial charge in [-0.25, -0.2) is 4.98 Å². The standard InChI is InChI=1S/C12H14N4OS/c1-2-5-13-12(3-1)17-10-4-6-16(8-10)9-11-7-14-15-18-11/h1-3,5,7,10H,4,6,8-9H2. The number of pyridine rings is 1. The number of aromatic nitrogens is 3. The van der Waals surface area contributed by atoms with E-state index in [1.165, 1.54) is 16.4 Å². The molecule has 2 aromatic rings. The van der Waals surface area contributed by atoms with Crippen LogP contribution >= 0.6 is 11.5 Å². The zero-order valence-corrected chi connectivity index (χ0v) is 10.7. The Labute approximate surface area is 110 Å². The highest BCUT2D eigenvalue weighted by atomic mass is 32.1. The van der Waals surface area contributed by atoms with Gasteiger partial charge in [0.15, 0.2) is 0 Å². The van der Waals surface area contributed by atoms with Crippen LogP contribution in [-0.2, 0) is 6.54 Å². The quantitative estimate of drug-likeness (QED) is 0.837. The largest absolute Gasteiger partial charge is 0.473 e. The Morgan fingerprint density at radius 1 is 1.44 bits per heavy atom. The average Bonchev–Trinajstić information content (AvgIpc) is 3.03. The molecule has 0 amide bonds. The summed E-state index contributed by atoms with van der Waals surface area (Å²) in [4.78, 5) is 7.75. The molecule has 0 saturated carbocycles. The number of nitrogens with zero attached hydrogens (tertiary/aromatic N) is 4. The van der Waals surface area contributed by atoms with Crippen LogP contribution in [0.3, 0.4) is 0 Å². The van der Waals surface area contributed by atoms with E-state index in [0.717, 1.165) is 26.1 Å². The zero-order chi connectivity index (χ0) is 12.2. The zero-order valence-electron chi connectivity index (χ0n) is 9.90. The molecule has 1 saturated heterocycles. The predicted octanol–water partition coefficient (Wildman–Crippen LogP) is 1.59. The molecule has 0 aromatic carbocycles. The SMILES string of the molecule is c1ccc(OC2CCN(Cc3cnns3)C2)nc1. The van der Waals surface area contributed by atoms with Gasteiger partial charge in [-0.1, -0.05) is 10.6 Å². The van der Waals surface area contributed by atoms with Crippen LogP contribution in [0.25, 0.3) is 0 Å². The number of ether oxygens (including phenoxy) is 1. The minimum Gasteiger partial charge on any atom is -0.473 e. The van der Waals surface area contributed by atoms with Crippen LogP contribution in [0.4, 0.5) is 0 Å². The van der Waals surface area contributed by atoms with Gasteiger partial charge in [-0.15, -0.1) is 5.10 Å². The first-order valence-electron chi connectivity index (χ1n) is 5.96. The Morgan fingerprint density at radius 2 is 2.44 bits per heavy atom. The first kappa shape index (κ1) is 11.6. The molecule has 1 aliphatic rings. The lowest BCUT2D eigenvalue weighted by atomic mass is 10.3. The minimum absolute atomic E-state index is 0.237. The summed E-state index contributed by atoms with van der Waals surface area (Å²) in [6, 6.07) is 5.73. The lowest BCUT2D eigenvalue weighted by Gasteiger charge is -2.15. The maximum atomic E-state index is 5.84. The summed E-state index contributed by atoms with van der Waals surface area (Å²) in [5, 5.41) is 3.85. The van der Waals surface area contributed by atoms with E-state index in [-0.39, 0.29) is 6.10 Å². The Bertz CT molecular complexity index is 476. The smallest absolute Gasteiger partial charge is 0.213 e. The fourth-order valence-corrected chi connectivity index (χ4v) is 2.64. The second kappa shape index (κ2) is 5.41. The summed E-state index contributed by atoms with van der Waals surface area (Å²) in [5.74, 6) is 0.712. The summed E-state index contributed by atoms with van der Waals surface area (Å²) in [5.41, 5.74) is 0. The lowest BCUT2D eigenvalue weighted by molar-refractivity contribution is 0.191. The van der Waals surface area contributed by atoms with Gasteiger partial charge in [0.1, 0.15) is 6.10 Å². The number of hydrogen-bond donors (Lipinski definition) is 0. The van der Waals surface area contributed by atoms with E-state index in [9.17, 15) is 0 Å². The predicted molar refractivity (Wildman–Crippen MR) is 68.5 cm³/mol. The van der Waals surface area contributed by atoms with Gasteiger partial charge >= 0.3 is 0 Å². The van der Waals surface area contributed by atoms with Crippen molar-refractivity contribution in [1.29, 1.82) is 0 Å². The fourth-order valence-electron chi connectivity index (χ4n) is 2.10. The molecule has 18 heavy (non-hydrogen) atoms. The normalized spacial score (nSPS) is 20.1. The second-order valence-electron chi connectivity index (χ2n) is 4.32. The van der Waals surface area contributed by atoms with Gasteiger partial charge in [-0.05, 0) is 24.0 Å². The molecule has 0 N–H and O–H groups in total. The molecule has 0 bridgehead atoms. The molecule has 2 aromatic heterocycles. The van der Waals surface area contributed by atoms with Crippen molar-refractivity contribution in [1.82, 2.24) is 19.5 Å². The van der Waals surface area contributed by atoms with Crippen LogP contribution in [0.1, 0.15) is 11.3 Å². The monoisotopic (exact) mass is 262 g/mol. The number of hydrogen-bond acceptors (Lipinski definition) is 6. The highest BCUT2D eigenvalue weighted by molar-refractivity contribution is 7.05. The van der Waals surface area contributed by atoms with Crippen LogP contribution < -0.4 is 4.74 Å². The molecule has 5 nitrogen and oxygen atoms in total. The van der Waals surface area contributed by atoms with Gasteiger partial charge in [0.05, 0.1) is 11.1 Å². The van der Waals surface area contributed by atoms with Crippen molar-refractivity contribution >= 4 is 11.5 Å². The lowest BCUT2D eigenvalue weighted by Crippen LogP contribution is -2.24. The van der Waals surface area contributed by atoms with E-state index < -0.39 is 0 Å². The molecule has 1 atom stereocenters. The molecule has 94 valence electrons. The van der Waals surface area contributed by atoms with Gasteiger partial charge in [0.2, 0.25) is 5.88 Å². The molecule has 6 heteroatoms. The second-order valence-corrected chi connectivity index (χ2v) is 5.19. The minimum atomic E-state index is 0.237. The summed E-state index contributed by atoms with van der Waals surface area (Å²) in [6.07, 6.45) is 4.87. The van der Waals surface area contributed by atoms with Crippen molar-refractivity contribution in [2.45, 2.75) is 19.1 Å². The van der Waals surface area contributed by atoms with E-state index >= 15 is 0 Å². The number of likely N-dealkylation sites (tertiary alicyclic amines) is 1. The third-order valence-corrected chi connectivity index (χ3v) is 3.59. The molecular formula is C12H14N4OS. The molecule has 0 spiro atoms. The van der Waals surface area contributed by atoms with Crippen molar-refractivity contribution in [3.05, 3.63) is 35.5 Å². The van der Waals surface area contributed by atoms with E-state index in [2.05, 4.69) is 19.5 Å². The Hall–Kier alpha value is -1.53. The third-order valence-electron chi connectivity index (χ3n) is 2.94. The van der Waals surface area contributed by atoms with Crippen molar-refractivity contribution in [2.24, 2.45) is 0 Å². The first-order chi connectivity index (χ1) is 8.90. The van der Waals surface area contributed by atoms with Crippen LogP contribution in [0.5, 0.6) is 5.88 Å². The van der Waals surface area contributed by atoms with Crippen molar-refractivity contribution in [2.75, 3.05) is 13.1 Å². The van der Waals surface area contributed by atoms with Crippen molar-refractivity contribution in [3.63, 3.8) is 0 Å². The maximum Gasteiger partial charge on any atom is 0.213 e. The molecule has 0 radical (unpaired) electrons. The molecule has 1 unspecified atom stereocenters. The van der Waals surface area contributed by atoms with Crippen LogP contribution in [0.2, 0.25) is 0 Å². The highest BCUT2D eigenvalue weighted by Gasteiger charge is 2.24. The molecule has 3 heterocycles. The molecular weight excluding hydrogens is 248 g/mol. The molecule has 0 aliphatic carbocycles. The maximum absolute atomic E-state index is 5.84. The Kier molecular flexibility index (Phi) is 3.47. The van der Waals surface area contributed by atoms with Gasteiger partial charge in [0, 0.05) is 31.9 Å². The van der Waals surface area contributed by atoms with E-state index in [0.29, 0.717) is 5.88 Å². The van der Waals surface area contributed by atoms with Crippen molar-refractivity contribution in [3.8, 4) is 5.88 Å². The van der Waals surface area contributed by atoms with E-state index in [4.69, 9.17) is 4.74 Å². The summed E-state index contributed by atoms with van der Waals surface area (Å²) in [6.45, 7) is 2.91. The van der Waals surface area contributed by atoms with Crippen LogP contribution in [0, 0.1) is 0 Å². The molecule has 1 aliphatic heterocycles. The molecule has 1 fully saturated rings. The van der Waals surface area contributed by atoms with Gasteiger partial charge in [-0.2, -0.15) is 0 Å². The van der Waals surface area contributed by atoms with E-state index in [1.807, 2.05) is 24.4 Å². The van der Waals surface area contributed by atoms with E-state index in [1.54, 1.807) is 6.20 Å². The summed E-state index contributed by atoms with van der Waals surface area (Å²) >= 11 is 1.46. The third kappa shape index (κ3) is 2.83. The highest BCUT2D eigenvalue weighted by Crippen LogP contribution is 2.18. The Balaban J connectivity index is 1.52.